The molecule has 0 saturated carbocycles. The van der Waals surface area contributed by atoms with Crippen molar-refractivity contribution in [2.45, 2.75) is 13.0 Å². The molecule has 0 aliphatic carbocycles. The monoisotopic (exact) mass is 202 g/mol. The SMILES string of the molecule is CC1C=C(c2cc[n+](C)cc2)C=C[NH+]1C. The van der Waals surface area contributed by atoms with E-state index >= 15 is 0 Å². The fourth-order valence-electron chi connectivity index (χ4n) is 1.72. The van der Waals surface area contributed by atoms with Crippen molar-refractivity contribution in [3.8, 4) is 0 Å². The molecule has 78 valence electrons. The van der Waals surface area contributed by atoms with Crippen LogP contribution in [0.25, 0.3) is 5.57 Å². The molecule has 0 bridgehead atoms. The van der Waals surface area contributed by atoms with Crippen molar-refractivity contribution in [2.75, 3.05) is 7.05 Å². The molecule has 1 aromatic rings. The summed E-state index contributed by atoms with van der Waals surface area (Å²) in [6, 6.07) is 4.87. The van der Waals surface area contributed by atoms with Crippen LogP contribution < -0.4 is 9.47 Å². The highest BCUT2D eigenvalue weighted by Gasteiger charge is 2.14. The number of pyridine rings is 1. The Balaban J connectivity index is 2.29. The molecule has 1 N–H and O–H groups in total. The van der Waals surface area contributed by atoms with Crippen LogP contribution >= 0.6 is 0 Å². The quantitative estimate of drug-likeness (QED) is 0.628. The average Bonchev–Trinajstić information content (AvgIpc) is 2.23. The first kappa shape index (κ1) is 10.1. The molecule has 2 atom stereocenters. The van der Waals surface area contributed by atoms with E-state index in [2.05, 4.69) is 61.4 Å². The van der Waals surface area contributed by atoms with E-state index in [1.165, 1.54) is 16.0 Å². The van der Waals surface area contributed by atoms with Crippen LogP contribution in [0.15, 0.2) is 42.9 Å². The minimum Gasteiger partial charge on any atom is -0.306 e. The lowest BCUT2D eigenvalue weighted by Crippen LogP contribution is -3.08. The van der Waals surface area contributed by atoms with Gasteiger partial charge < -0.3 is 4.90 Å². The maximum absolute atomic E-state index is 2.32. The van der Waals surface area contributed by atoms with Crippen LogP contribution in [-0.2, 0) is 7.05 Å². The molecule has 2 nitrogen and oxygen atoms in total. The van der Waals surface area contributed by atoms with Gasteiger partial charge in [0.25, 0.3) is 0 Å². The molecule has 2 rings (SSSR count). The zero-order valence-corrected chi connectivity index (χ0v) is 9.57. The first-order valence-electron chi connectivity index (χ1n) is 5.36. The van der Waals surface area contributed by atoms with Crippen LogP contribution in [0, 0.1) is 0 Å². The minimum atomic E-state index is 0.555. The highest BCUT2D eigenvalue weighted by molar-refractivity contribution is 5.74. The molecule has 1 aliphatic rings. The molecule has 2 heteroatoms. The van der Waals surface area contributed by atoms with Gasteiger partial charge in [-0.1, -0.05) is 0 Å². The summed E-state index contributed by atoms with van der Waals surface area (Å²) in [5.74, 6) is 0. The van der Waals surface area contributed by atoms with Gasteiger partial charge in [-0.2, -0.15) is 0 Å². The number of hydrogen-bond donors (Lipinski definition) is 1. The van der Waals surface area contributed by atoms with E-state index in [-0.39, 0.29) is 0 Å². The van der Waals surface area contributed by atoms with Gasteiger partial charge in [0, 0.05) is 12.1 Å². The van der Waals surface area contributed by atoms with Crippen molar-refractivity contribution in [2.24, 2.45) is 7.05 Å². The zero-order chi connectivity index (χ0) is 10.8. The van der Waals surface area contributed by atoms with E-state index in [1.54, 1.807) is 0 Å². The predicted octanol–water partition coefficient (Wildman–Crippen LogP) is 0.325. The molecule has 1 aliphatic heterocycles. The molecule has 0 radical (unpaired) electrons. The van der Waals surface area contributed by atoms with Crippen molar-refractivity contribution in [1.29, 1.82) is 0 Å². The third kappa shape index (κ3) is 2.16. The van der Waals surface area contributed by atoms with E-state index in [0.29, 0.717) is 6.04 Å². The van der Waals surface area contributed by atoms with Crippen LogP contribution in [0.3, 0.4) is 0 Å². The van der Waals surface area contributed by atoms with Gasteiger partial charge in [-0.25, -0.2) is 4.57 Å². The topological polar surface area (TPSA) is 8.32 Å². The second-order valence-corrected chi connectivity index (χ2v) is 4.24. The third-order valence-corrected chi connectivity index (χ3v) is 2.99. The first-order chi connectivity index (χ1) is 7.16. The summed E-state index contributed by atoms with van der Waals surface area (Å²) in [7, 11) is 4.22. The fourth-order valence-corrected chi connectivity index (χ4v) is 1.72. The standard InChI is InChI=1S/C13H17N2/c1-11-10-13(6-9-15(11)3)12-4-7-14(2)8-5-12/h4-11H,1-3H3/q+1/p+1. The van der Waals surface area contributed by atoms with E-state index in [0.717, 1.165) is 0 Å². The van der Waals surface area contributed by atoms with Crippen LogP contribution in [0.2, 0.25) is 0 Å². The summed E-state index contributed by atoms with van der Waals surface area (Å²) >= 11 is 0. The van der Waals surface area contributed by atoms with Crippen molar-refractivity contribution >= 4 is 5.57 Å². The molecule has 2 unspecified atom stereocenters. The van der Waals surface area contributed by atoms with Gasteiger partial charge in [-0.15, -0.1) is 0 Å². The molecule has 15 heavy (non-hydrogen) atoms. The molecule has 0 amide bonds. The predicted molar refractivity (Wildman–Crippen MR) is 61.1 cm³/mol. The Morgan fingerprint density at radius 3 is 2.53 bits per heavy atom. The van der Waals surface area contributed by atoms with Crippen LogP contribution in [0.5, 0.6) is 0 Å². The maximum atomic E-state index is 2.32. The van der Waals surface area contributed by atoms with E-state index in [9.17, 15) is 0 Å². The molecule has 0 fully saturated rings. The zero-order valence-electron chi connectivity index (χ0n) is 9.57. The Morgan fingerprint density at radius 2 is 1.93 bits per heavy atom. The second kappa shape index (κ2) is 3.99. The normalized spacial score (nSPS) is 25.1. The molecular formula is C13H18N2+2. The maximum Gasteiger partial charge on any atom is 0.169 e. The van der Waals surface area contributed by atoms with Crippen LogP contribution in [-0.4, -0.2) is 13.1 Å². The van der Waals surface area contributed by atoms with Crippen LogP contribution in [0.1, 0.15) is 12.5 Å². The number of nitrogens with one attached hydrogen (secondary N) is 1. The summed E-state index contributed by atoms with van der Waals surface area (Å²) in [5, 5.41) is 0. The van der Waals surface area contributed by atoms with Crippen molar-refractivity contribution in [3.05, 3.63) is 48.4 Å². The molecule has 1 aromatic heterocycles. The Kier molecular flexibility index (Phi) is 2.69. The summed E-state index contributed by atoms with van der Waals surface area (Å²) in [4.78, 5) is 1.43. The Morgan fingerprint density at radius 1 is 1.27 bits per heavy atom. The number of nitrogens with zero attached hydrogens (tertiary/aromatic N) is 1. The lowest BCUT2D eigenvalue weighted by atomic mass is 10.0. The molecule has 0 saturated heterocycles. The van der Waals surface area contributed by atoms with Gasteiger partial charge >= 0.3 is 0 Å². The summed E-state index contributed by atoms with van der Waals surface area (Å²) in [6.45, 7) is 2.24. The highest BCUT2D eigenvalue weighted by Crippen LogP contribution is 2.15. The lowest BCUT2D eigenvalue weighted by Gasteiger charge is -2.19. The fraction of sp³-hybridized carbons (Fsp3) is 0.308. The van der Waals surface area contributed by atoms with E-state index < -0.39 is 0 Å². The van der Waals surface area contributed by atoms with Gasteiger partial charge in [0.1, 0.15) is 13.1 Å². The Bertz CT molecular complexity index is 401. The molecule has 0 spiro atoms. The van der Waals surface area contributed by atoms with Gasteiger partial charge in [-0.05, 0) is 30.2 Å². The van der Waals surface area contributed by atoms with E-state index in [4.69, 9.17) is 0 Å². The van der Waals surface area contributed by atoms with Crippen LogP contribution in [0.4, 0.5) is 0 Å². The first-order valence-corrected chi connectivity index (χ1v) is 5.36. The molecule has 0 aromatic carbocycles. The highest BCUT2D eigenvalue weighted by atomic mass is 15.1. The molecule has 2 heterocycles. The Labute approximate surface area is 91.2 Å². The number of aromatic nitrogens is 1. The summed E-state index contributed by atoms with van der Waals surface area (Å²) in [5.41, 5.74) is 2.62. The van der Waals surface area contributed by atoms with Gasteiger partial charge in [0.05, 0.1) is 13.2 Å². The van der Waals surface area contributed by atoms with Gasteiger partial charge in [0.2, 0.25) is 0 Å². The number of likely N-dealkylation sites (N-methyl/N-ethyl adjacent to an activating group) is 1. The summed E-state index contributed by atoms with van der Waals surface area (Å²) < 4.78 is 2.05. The largest absolute Gasteiger partial charge is 0.306 e. The molecular weight excluding hydrogens is 184 g/mol. The number of rotatable bonds is 1. The smallest absolute Gasteiger partial charge is 0.169 e. The van der Waals surface area contributed by atoms with E-state index in [1.807, 2.05) is 7.05 Å². The Hall–Kier alpha value is -1.41. The second-order valence-electron chi connectivity index (χ2n) is 4.24. The van der Waals surface area contributed by atoms with Gasteiger partial charge in [0.15, 0.2) is 12.4 Å². The number of quaternary nitrogens is 1. The van der Waals surface area contributed by atoms with Crippen molar-refractivity contribution in [1.82, 2.24) is 0 Å². The minimum absolute atomic E-state index is 0.555. The summed E-state index contributed by atoms with van der Waals surface area (Å²) in [6.07, 6.45) is 10.9. The number of aryl methyl sites for hydroxylation is 1. The number of hydrogen-bond acceptors (Lipinski definition) is 0. The third-order valence-electron chi connectivity index (χ3n) is 2.99. The average molecular weight is 202 g/mol. The lowest BCUT2D eigenvalue weighted by molar-refractivity contribution is -0.843. The van der Waals surface area contributed by atoms with Crippen molar-refractivity contribution in [3.63, 3.8) is 0 Å². The van der Waals surface area contributed by atoms with Gasteiger partial charge in [-0.3, -0.25) is 0 Å². The van der Waals surface area contributed by atoms with Crippen molar-refractivity contribution < 1.29 is 9.47 Å². The number of allylic oxidation sites excluding steroid dienone is 2.